The van der Waals surface area contributed by atoms with Crippen molar-refractivity contribution in [3.63, 3.8) is 0 Å². The Morgan fingerprint density at radius 2 is 2.05 bits per heavy atom. The molecule has 1 aromatic rings. The van der Waals surface area contributed by atoms with Gasteiger partial charge in [0.05, 0.1) is 0 Å². The summed E-state index contributed by atoms with van der Waals surface area (Å²) in [5, 5.41) is 9.99. The highest BCUT2D eigenvalue weighted by atomic mass is 32.2. The van der Waals surface area contributed by atoms with Crippen molar-refractivity contribution < 1.29 is 23.1 Å². The number of carbonyl (C=O) groups excluding carboxylic acids is 1. The minimum Gasteiger partial charge on any atom is -0.478 e. The zero-order chi connectivity index (χ0) is 16.0. The lowest BCUT2D eigenvalue weighted by Crippen LogP contribution is -2.36. The molecule has 0 spiro atoms. The zero-order valence-electron chi connectivity index (χ0n) is 11.7. The molecule has 2 N–H and O–H groups in total. The predicted molar refractivity (Wildman–Crippen MR) is 79.3 cm³/mol. The smallest absolute Gasteiger partial charge is 0.328 e. The maximum atomic E-state index is 11.7. The molecule has 1 atom stereocenters. The molecule has 0 saturated carbocycles. The standard InChI is InChI=1S/C14H17NO5S/c1-10(21(2,19)20)14(18)15-9-12-5-3-4-11(8-12)6-7-13(16)17/h3-8,10H,9H2,1-2H3,(H,15,18)(H,16,17)/b7-6+. The molecule has 1 amide bonds. The number of carboxylic acids is 1. The summed E-state index contributed by atoms with van der Waals surface area (Å²) >= 11 is 0. The summed E-state index contributed by atoms with van der Waals surface area (Å²) in [6.45, 7) is 1.50. The fourth-order valence-corrected chi connectivity index (χ4v) is 1.97. The highest BCUT2D eigenvalue weighted by molar-refractivity contribution is 7.92. The second-order valence-corrected chi connectivity index (χ2v) is 6.97. The second-order valence-electron chi connectivity index (χ2n) is 4.61. The van der Waals surface area contributed by atoms with E-state index in [4.69, 9.17) is 5.11 Å². The number of nitrogens with one attached hydrogen (secondary N) is 1. The van der Waals surface area contributed by atoms with Crippen molar-refractivity contribution >= 4 is 27.8 Å². The van der Waals surface area contributed by atoms with Gasteiger partial charge in [-0.3, -0.25) is 4.79 Å². The quantitative estimate of drug-likeness (QED) is 0.758. The lowest BCUT2D eigenvalue weighted by atomic mass is 10.1. The SMILES string of the molecule is CC(C(=O)NCc1cccc(/C=C/C(=O)O)c1)S(C)(=O)=O. The molecular formula is C14H17NO5S. The fourth-order valence-electron chi connectivity index (χ4n) is 1.50. The molecule has 0 aliphatic rings. The molecule has 6 nitrogen and oxygen atoms in total. The molecule has 0 aliphatic heterocycles. The number of carboxylic acid groups (broad SMARTS) is 1. The Balaban J connectivity index is 2.70. The highest BCUT2D eigenvalue weighted by Gasteiger charge is 2.22. The van der Waals surface area contributed by atoms with Crippen LogP contribution < -0.4 is 5.32 Å². The van der Waals surface area contributed by atoms with Crippen LogP contribution in [0.4, 0.5) is 0 Å². The first-order valence-electron chi connectivity index (χ1n) is 6.16. The molecule has 114 valence electrons. The van der Waals surface area contributed by atoms with E-state index < -0.39 is 27.0 Å². The van der Waals surface area contributed by atoms with Gasteiger partial charge in [-0.25, -0.2) is 13.2 Å². The number of carbonyl (C=O) groups is 2. The lowest BCUT2D eigenvalue weighted by Gasteiger charge is -2.10. The summed E-state index contributed by atoms with van der Waals surface area (Å²) in [6, 6.07) is 6.92. The summed E-state index contributed by atoms with van der Waals surface area (Å²) in [4.78, 5) is 22.1. The number of aliphatic carboxylic acids is 1. The van der Waals surface area contributed by atoms with Crippen LogP contribution in [0.3, 0.4) is 0 Å². The van der Waals surface area contributed by atoms with Crippen LogP contribution in [-0.4, -0.2) is 36.9 Å². The van der Waals surface area contributed by atoms with E-state index in [0.29, 0.717) is 5.56 Å². The monoisotopic (exact) mass is 311 g/mol. The average Bonchev–Trinajstić information content (AvgIpc) is 2.41. The minimum absolute atomic E-state index is 0.174. The molecule has 0 bridgehead atoms. The number of hydrogen-bond acceptors (Lipinski definition) is 4. The Bertz CT molecular complexity index is 664. The van der Waals surface area contributed by atoms with Crippen LogP contribution >= 0.6 is 0 Å². The van der Waals surface area contributed by atoms with Gasteiger partial charge >= 0.3 is 5.97 Å². The van der Waals surface area contributed by atoms with E-state index >= 15 is 0 Å². The summed E-state index contributed by atoms with van der Waals surface area (Å²) < 4.78 is 22.5. The Kier molecular flexibility index (Phi) is 5.66. The van der Waals surface area contributed by atoms with Crippen LogP contribution in [0.5, 0.6) is 0 Å². The Labute approximate surface area is 123 Å². The number of rotatable bonds is 6. The third kappa shape index (κ3) is 5.78. The van der Waals surface area contributed by atoms with Gasteiger partial charge in [-0.2, -0.15) is 0 Å². The normalized spacial score (nSPS) is 13.0. The first-order chi connectivity index (χ1) is 9.70. The van der Waals surface area contributed by atoms with Gasteiger partial charge in [0.2, 0.25) is 5.91 Å². The van der Waals surface area contributed by atoms with E-state index in [2.05, 4.69) is 5.32 Å². The molecule has 0 fully saturated rings. The topological polar surface area (TPSA) is 101 Å². The van der Waals surface area contributed by atoms with E-state index in [0.717, 1.165) is 17.9 Å². The van der Waals surface area contributed by atoms with Gasteiger partial charge in [0.1, 0.15) is 5.25 Å². The number of amides is 1. The molecule has 1 aromatic carbocycles. The van der Waals surface area contributed by atoms with E-state index in [1.807, 2.05) is 0 Å². The minimum atomic E-state index is -3.42. The fraction of sp³-hybridized carbons (Fsp3) is 0.286. The second kappa shape index (κ2) is 7.03. The van der Waals surface area contributed by atoms with Crippen molar-refractivity contribution in [3.8, 4) is 0 Å². The Morgan fingerprint density at radius 1 is 1.38 bits per heavy atom. The molecule has 1 rings (SSSR count). The predicted octanol–water partition coefficient (Wildman–Crippen LogP) is 0.834. The van der Waals surface area contributed by atoms with Crippen molar-refractivity contribution in [3.05, 3.63) is 41.5 Å². The molecular weight excluding hydrogens is 294 g/mol. The van der Waals surface area contributed by atoms with Crippen molar-refractivity contribution in [2.24, 2.45) is 0 Å². The van der Waals surface area contributed by atoms with Crippen LogP contribution in [-0.2, 0) is 26.0 Å². The molecule has 0 radical (unpaired) electrons. The Hall–Kier alpha value is -2.15. The highest BCUT2D eigenvalue weighted by Crippen LogP contribution is 2.07. The van der Waals surface area contributed by atoms with Crippen molar-refractivity contribution in [2.75, 3.05) is 6.26 Å². The molecule has 0 saturated heterocycles. The summed E-state index contributed by atoms with van der Waals surface area (Å²) in [7, 11) is -3.42. The van der Waals surface area contributed by atoms with Crippen LogP contribution in [0.2, 0.25) is 0 Å². The van der Waals surface area contributed by atoms with Crippen LogP contribution in [0.15, 0.2) is 30.3 Å². The van der Waals surface area contributed by atoms with Crippen LogP contribution in [0, 0.1) is 0 Å². The molecule has 0 aliphatic carbocycles. The molecule has 21 heavy (non-hydrogen) atoms. The summed E-state index contributed by atoms with van der Waals surface area (Å²) in [5.41, 5.74) is 1.43. The van der Waals surface area contributed by atoms with E-state index in [1.165, 1.54) is 13.0 Å². The first-order valence-corrected chi connectivity index (χ1v) is 8.12. The molecule has 1 unspecified atom stereocenters. The third-order valence-corrected chi connectivity index (χ3v) is 4.35. The van der Waals surface area contributed by atoms with E-state index in [9.17, 15) is 18.0 Å². The maximum absolute atomic E-state index is 11.7. The largest absolute Gasteiger partial charge is 0.478 e. The Morgan fingerprint density at radius 3 is 2.62 bits per heavy atom. The van der Waals surface area contributed by atoms with Gasteiger partial charge in [-0.15, -0.1) is 0 Å². The third-order valence-electron chi connectivity index (χ3n) is 2.85. The first kappa shape index (κ1) is 16.9. The number of sulfone groups is 1. The van der Waals surface area contributed by atoms with Crippen LogP contribution in [0.25, 0.3) is 6.08 Å². The van der Waals surface area contributed by atoms with Gasteiger partial charge in [-0.05, 0) is 30.2 Å². The van der Waals surface area contributed by atoms with Gasteiger partial charge in [0.25, 0.3) is 0 Å². The van der Waals surface area contributed by atoms with Gasteiger partial charge in [-0.1, -0.05) is 18.2 Å². The van der Waals surface area contributed by atoms with E-state index in [-0.39, 0.29) is 6.54 Å². The zero-order valence-corrected chi connectivity index (χ0v) is 12.6. The van der Waals surface area contributed by atoms with E-state index in [1.54, 1.807) is 24.3 Å². The average molecular weight is 311 g/mol. The van der Waals surface area contributed by atoms with Gasteiger partial charge < -0.3 is 10.4 Å². The van der Waals surface area contributed by atoms with Crippen molar-refractivity contribution in [2.45, 2.75) is 18.7 Å². The van der Waals surface area contributed by atoms with Gasteiger partial charge in [0.15, 0.2) is 9.84 Å². The van der Waals surface area contributed by atoms with Gasteiger partial charge in [0, 0.05) is 18.9 Å². The maximum Gasteiger partial charge on any atom is 0.328 e. The summed E-state index contributed by atoms with van der Waals surface area (Å²) in [5.74, 6) is -1.61. The van der Waals surface area contributed by atoms with Crippen molar-refractivity contribution in [1.29, 1.82) is 0 Å². The molecule has 7 heteroatoms. The summed E-state index contributed by atoms with van der Waals surface area (Å²) in [6.07, 6.45) is 3.46. The molecule has 0 heterocycles. The number of benzene rings is 1. The molecule has 0 aromatic heterocycles. The lowest BCUT2D eigenvalue weighted by molar-refractivity contribution is -0.131. The van der Waals surface area contributed by atoms with Crippen molar-refractivity contribution in [1.82, 2.24) is 5.32 Å². The van der Waals surface area contributed by atoms with Crippen LogP contribution in [0.1, 0.15) is 18.1 Å². The number of hydrogen-bond donors (Lipinski definition) is 2.